The van der Waals surface area contributed by atoms with Crippen molar-refractivity contribution >= 4 is 27.3 Å². The molecule has 1 fully saturated rings. The summed E-state index contributed by atoms with van der Waals surface area (Å²) in [6.45, 7) is 0. The van der Waals surface area contributed by atoms with Gasteiger partial charge in [0.25, 0.3) is 0 Å². The first-order chi connectivity index (χ1) is 7.83. The summed E-state index contributed by atoms with van der Waals surface area (Å²) in [6, 6.07) is 3.76. The predicted octanol–water partition coefficient (Wildman–Crippen LogP) is 4.42. The van der Waals surface area contributed by atoms with Crippen molar-refractivity contribution in [1.82, 2.24) is 5.32 Å². The van der Waals surface area contributed by atoms with Gasteiger partial charge in [0.15, 0.2) is 0 Å². The van der Waals surface area contributed by atoms with Gasteiger partial charge in [0, 0.05) is 17.0 Å². The molecule has 2 aliphatic rings. The molecule has 0 spiro atoms. The maximum Gasteiger partial charge on any atom is 0.0704 e. The lowest BCUT2D eigenvalue weighted by Gasteiger charge is -2.26. The van der Waals surface area contributed by atoms with E-state index >= 15 is 0 Å². The number of thiophene rings is 1. The van der Waals surface area contributed by atoms with E-state index in [2.05, 4.69) is 27.3 Å². The Morgan fingerprint density at radius 3 is 2.81 bits per heavy atom. The molecule has 0 aliphatic heterocycles. The number of hydrogen-bond donors (Lipinski definition) is 1. The van der Waals surface area contributed by atoms with Crippen molar-refractivity contribution in [2.24, 2.45) is 0 Å². The van der Waals surface area contributed by atoms with Gasteiger partial charge in [-0.1, -0.05) is 12.8 Å². The average molecular weight is 300 g/mol. The Balaban J connectivity index is 1.75. The maximum absolute atomic E-state index is 3.87. The van der Waals surface area contributed by atoms with Gasteiger partial charge < -0.3 is 5.32 Å². The first-order valence-corrected chi connectivity index (χ1v) is 7.98. The Morgan fingerprint density at radius 2 is 2.00 bits per heavy atom. The van der Waals surface area contributed by atoms with E-state index in [0.29, 0.717) is 6.04 Å². The molecule has 0 amide bonds. The van der Waals surface area contributed by atoms with Crippen LogP contribution in [0.15, 0.2) is 9.85 Å². The minimum Gasteiger partial charge on any atom is -0.307 e. The number of hydrogen-bond acceptors (Lipinski definition) is 2. The molecule has 2 aliphatic carbocycles. The van der Waals surface area contributed by atoms with E-state index in [-0.39, 0.29) is 0 Å². The van der Waals surface area contributed by atoms with Crippen LogP contribution in [0, 0.1) is 0 Å². The number of halogens is 1. The van der Waals surface area contributed by atoms with Crippen LogP contribution in [0.5, 0.6) is 0 Å². The third-order valence-corrected chi connectivity index (χ3v) is 5.59. The second kappa shape index (κ2) is 4.79. The fourth-order valence-electron chi connectivity index (χ4n) is 3.07. The van der Waals surface area contributed by atoms with Gasteiger partial charge in [0.05, 0.1) is 3.79 Å². The van der Waals surface area contributed by atoms with Crippen LogP contribution in [0.1, 0.15) is 55.0 Å². The molecule has 88 valence electrons. The molecule has 0 aromatic carbocycles. The van der Waals surface area contributed by atoms with Crippen LogP contribution in [0.3, 0.4) is 0 Å². The molecule has 1 heterocycles. The zero-order chi connectivity index (χ0) is 11.0. The second-order valence-electron chi connectivity index (χ2n) is 5.02. The molecule has 0 saturated heterocycles. The summed E-state index contributed by atoms with van der Waals surface area (Å²) in [4.78, 5) is 1.61. The van der Waals surface area contributed by atoms with Gasteiger partial charge in [-0.05, 0) is 59.7 Å². The molecule has 3 heteroatoms. The molecule has 1 unspecified atom stereocenters. The zero-order valence-electron chi connectivity index (χ0n) is 9.47. The highest BCUT2D eigenvalue weighted by molar-refractivity contribution is 9.11. The number of nitrogens with one attached hydrogen (secondary N) is 1. The van der Waals surface area contributed by atoms with Crippen molar-refractivity contribution in [3.8, 4) is 0 Å². The van der Waals surface area contributed by atoms with Gasteiger partial charge in [-0.25, -0.2) is 0 Å². The number of fused-ring (bicyclic) bond motifs is 1. The Kier molecular flexibility index (Phi) is 3.37. The van der Waals surface area contributed by atoms with Crippen molar-refractivity contribution in [3.05, 3.63) is 20.3 Å². The van der Waals surface area contributed by atoms with Crippen LogP contribution in [0.4, 0.5) is 0 Å². The van der Waals surface area contributed by atoms with Gasteiger partial charge in [0.1, 0.15) is 0 Å². The van der Waals surface area contributed by atoms with E-state index in [1.54, 1.807) is 10.4 Å². The van der Waals surface area contributed by atoms with Crippen molar-refractivity contribution < 1.29 is 0 Å². The SMILES string of the molecule is Brc1cc2c(s1)CCCC2NC1CCCC1. The van der Waals surface area contributed by atoms with E-state index in [0.717, 1.165) is 6.04 Å². The molecule has 3 rings (SSSR count). The highest BCUT2D eigenvalue weighted by atomic mass is 79.9. The van der Waals surface area contributed by atoms with Crippen LogP contribution in [0.25, 0.3) is 0 Å². The minimum absolute atomic E-state index is 0.634. The van der Waals surface area contributed by atoms with Crippen LogP contribution in [-0.2, 0) is 6.42 Å². The van der Waals surface area contributed by atoms with E-state index in [1.807, 2.05) is 11.3 Å². The molecular weight excluding hydrogens is 282 g/mol. The monoisotopic (exact) mass is 299 g/mol. The molecule has 1 N–H and O–H groups in total. The maximum atomic E-state index is 3.87. The van der Waals surface area contributed by atoms with Crippen LogP contribution >= 0.6 is 27.3 Å². The van der Waals surface area contributed by atoms with Crippen LogP contribution in [0.2, 0.25) is 0 Å². The molecule has 0 bridgehead atoms. The summed E-state index contributed by atoms with van der Waals surface area (Å²) in [7, 11) is 0. The number of rotatable bonds is 2. The highest BCUT2D eigenvalue weighted by Crippen LogP contribution is 2.38. The summed E-state index contributed by atoms with van der Waals surface area (Å²) in [5.41, 5.74) is 1.58. The van der Waals surface area contributed by atoms with Crippen LogP contribution < -0.4 is 5.32 Å². The Labute approximate surface area is 110 Å². The Morgan fingerprint density at radius 1 is 1.19 bits per heavy atom. The first-order valence-electron chi connectivity index (χ1n) is 6.37. The molecule has 1 nitrogen and oxygen atoms in total. The smallest absolute Gasteiger partial charge is 0.0704 e. The predicted molar refractivity (Wildman–Crippen MR) is 73.1 cm³/mol. The molecule has 1 aromatic rings. The third-order valence-electron chi connectivity index (χ3n) is 3.88. The van der Waals surface area contributed by atoms with Gasteiger partial charge in [-0.15, -0.1) is 11.3 Å². The van der Waals surface area contributed by atoms with Crippen molar-refractivity contribution in [1.29, 1.82) is 0 Å². The topological polar surface area (TPSA) is 12.0 Å². The van der Waals surface area contributed by atoms with Gasteiger partial charge in [-0.2, -0.15) is 0 Å². The minimum atomic E-state index is 0.634. The highest BCUT2D eigenvalue weighted by Gasteiger charge is 2.25. The van der Waals surface area contributed by atoms with E-state index in [1.165, 1.54) is 48.7 Å². The summed E-state index contributed by atoms with van der Waals surface area (Å²) < 4.78 is 1.30. The largest absolute Gasteiger partial charge is 0.307 e. The van der Waals surface area contributed by atoms with Gasteiger partial charge in [0.2, 0.25) is 0 Å². The molecule has 1 aromatic heterocycles. The standard InChI is InChI=1S/C13H18BrNS/c14-13-8-10-11(6-3-7-12(10)16-13)15-9-4-1-2-5-9/h8-9,11,15H,1-7H2. The summed E-state index contributed by atoms with van der Waals surface area (Å²) in [6.07, 6.45) is 9.58. The molecular formula is C13H18BrNS. The zero-order valence-corrected chi connectivity index (χ0v) is 11.9. The fourth-order valence-corrected chi connectivity index (χ4v) is 4.89. The second-order valence-corrected chi connectivity index (χ2v) is 7.54. The molecule has 1 saturated carbocycles. The van der Waals surface area contributed by atoms with E-state index in [9.17, 15) is 0 Å². The quantitative estimate of drug-likeness (QED) is 0.852. The average Bonchev–Trinajstić information content (AvgIpc) is 2.86. The van der Waals surface area contributed by atoms with Gasteiger partial charge >= 0.3 is 0 Å². The molecule has 16 heavy (non-hydrogen) atoms. The summed E-state index contributed by atoms with van der Waals surface area (Å²) in [5, 5.41) is 3.87. The summed E-state index contributed by atoms with van der Waals surface area (Å²) in [5.74, 6) is 0. The van der Waals surface area contributed by atoms with Crippen LogP contribution in [-0.4, -0.2) is 6.04 Å². The Hall–Kier alpha value is 0.140. The normalized spacial score (nSPS) is 25.9. The lowest BCUT2D eigenvalue weighted by atomic mass is 9.93. The van der Waals surface area contributed by atoms with Crippen molar-refractivity contribution in [3.63, 3.8) is 0 Å². The Bertz CT molecular complexity index is 368. The lowest BCUT2D eigenvalue weighted by Crippen LogP contribution is -2.32. The first kappa shape index (κ1) is 11.2. The molecule has 1 atom stereocenters. The summed E-state index contributed by atoms with van der Waals surface area (Å²) >= 11 is 5.55. The van der Waals surface area contributed by atoms with Gasteiger partial charge in [-0.3, -0.25) is 0 Å². The van der Waals surface area contributed by atoms with Crippen molar-refractivity contribution in [2.45, 2.75) is 57.0 Å². The number of aryl methyl sites for hydroxylation is 1. The van der Waals surface area contributed by atoms with E-state index < -0.39 is 0 Å². The fraction of sp³-hybridized carbons (Fsp3) is 0.692. The lowest BCUT2D eigenvalue weighted by molar-refractivity contribution is 0.399. The third kappa shape index (κ3) is 2.22. The molecule has 0 radical (unpaired) electrons. The van der Waals surface area contributed by atoms with Crippen molar-refractivity contribution in [2.75, 3.05) is 0 Å². The van der Waals surface area contributed by atoms with E-state index in [4.69, 9.17) is 0 Å².